The number of rotatable bonds is 7. The summed E-state index contributed by atoms with van der Waals surface area (Å²) in [7, 11) is -4.32. The van der Waals surface area contributed by atoms with Crippen LogP contribution in [-0.4, -0.2) is 27.0 Å². The van der Waals surface area contributed by atoms with Crippen LogP contribution in [0, 0.1) is 5.82 Å². The number of carbonyl (C=O) groups is 1. The van der Waals surface area contributed by atoms with Crippen LogP contribution < -0.4 is 4.72 Å². The zero-order valence-electron chi connectivity index (χ0n) is 11.3. The van der Waals surface area contributed by atoms with E-state index < -0.39 is 32.7 Å². The van der Waals surface area contributed by atoms with Gasteiger partial charge in [-0.1, -0.05) is 17.7 Å². The van der Waals surface area contributed by atoms with Gasteiger partial charge in [0.2, 0.25) is 0 Å². The molecular weight excluding hydrogens is 321 g/mol. The van der Waals surface area contributed by atoms with E-state index in [0.717, 1.165) is 12.1 Å². The van der Waals surface area contributed by atoms with E-state index in [-0.39, 0.29) is 11.6 Å². The summed E-state index contributed by atoms with van der Waals surface area (Å²) in [5.41, 5.74) is 0. The minimum absolute atomic E-state index is 0.0545. The van der Waals surface area contributed by atoms with Gasteiger partial charge in [-0.25, -0.2) is 17.5 Å². The molecule has 1 rings (SSSR count). The molecule has 0 radical (unpaired) electrons. The van der Waals surface area contributed by atoms with E-state index in [1.165, 1.54) is 13.0 Å². The van der Waals surface area contributed by atoms with Gasteiger partial charge in [0.25, 0.3) is 15.9 Å². The second-order valence-corrected chi connectivity index (χ2v) is 6.22. The largest absolute Gasteiger partial charge is 0.368 e. The molecule has 0 aliphatic rings. The maximum Gasteiger partial charge on any atom is 0.267 e. The molecule has 0 spiro atoms. The zero-order valence-corrected chi connectivity index (χ0v) is 12.9. The molecule has 8 heteroatoms. The van der Waals surface area contributed by atoms with Crippen molar-refractivity contribution in [1.29, 1.82) is 0 Å². The Hall–Kier alpha value is -1.44. The number of benzene rings is 1. The highest BCUT2D eigenvalue weighted by molar-refractivity contribution is 7.90. The van der Waals surface area contributed by atoms with Crippen molar-refractivity contribution in [2.75, 3.05) is 6.61 Å². The van der Waals surface area contributed by atoms with Crippen molar-refractivity contribution in [1.82, 2.24) is 4.72 Å². The van der Waals surface area contributed by atoms with E-state index in [1.807, 2.05) is 0 Å². The van der Waals surface area contributed by atoms with Crippen molar-refractivity contribution < 1.29 is 22.3 Å². The first-order chi connectivity index (χ1) is 9.77. The fourth-order valence-electron chi connectivity index (χ4n) is 1.37. The Morgan fingerprint density at radius 3 is 2.81 bits per heavy atom. The maximum atomic E-state index is 13.6. The van der Waals surface area contributed by atoms with Crippen LogP contribution in [-0.2, 0) is 19.6 Å². The highest BCUT2D eigenvalue weighted by atomic mass is 35.5. The Labute approximate surface area is 127 Å². The van der Waals surface area contributed by atoms with Gasteiger partial charge >= 0.3 is 0 Å². The Morgan fingerprint density at radius 2 is 2.24 bits per heavy atom. The summed E-state index contributed by atoms with van der Waals surface area (Å²) in [4.78, 5) is 11.1. The first-order valence-electron chi connectivity index (χ1n) is 6.02. The molecule has 0 bridgehead atoms. The van der Waals surface area contributed by atoms with Crippen LogP contribution in [0.25, 0.3) is 0 Å². The van der Waals surface area contributed by atoms with E-state index >= 15 is 0 Å². The Bertz CT molecular complexity index is 633. The normalized spacial score (nSPS) is 12.7. The number of hydrogen-bond donors (Lipinski definition) is 1. The Kier molecular flexibility index (Phi) is 6.32. The molecule has 0 saturated heterocycles. The zero-order chi connectivity index (χ0) is 16.0. The Morgan fingerprint density at radius 1 is 1.57 bits per heavy atom. The third kappa shape index (κ3) is 5.11. The summed E-state index contributed by atoms with van der Waals surface area (Å²) in [6.07, 6.45) is 1.13. The van der Waals surface area contributed by atoms with Gasteiger partial charge in [0.1, 0.15) is 16.8 Å². The lowest BCUT2D eigenvalue weighted by molar-refractivity contribution is -0.129. The summed E-state index contributed by atoms with van der Waals surface area (Å²) in [6.45, 7) is 5.11. The molecule has 21 heavy (non-hydrogen) atoms. The van der Waals surface area contributed by atoms with E-state index in [1.54, 1.807) is 10.8 Å². The molecule has 0 saturated carbocycles. The number of halogens is 2. The molecule has 1 aromatic carbocycles. The predicted molar refractivity (Wildman–Crippen MR) is 77.0 cm³/mol. The number of amides is 1. The van der Waals surface area contributed by atoms with Gasteiger partial charge in [-0.05, 0) is 31.5 Å². The highest BCUT2D eigenvalue weighted by Gasteiger charge is 2.24. The summed E-state index contributed by atoms with van der Waals surface area (Å²) < 4.78 is 44.3. The van der Waals surface area contributed by atoms with Crippen molar-refractivity contribution in [2.45, 2.75) is 24.3 Å². The maximum absolute atomic E-state index is 13.6. The fourth-order valence-corrected chi connectivity index (χ4v) is 2.63. The van der Waals surface area contributed by atoms with Gasteiger partial charge < -0.3 is 4.74 Å². The van der Waals surface area contributed by atoms with Gasteiger partial charge in [0, 0.05) is 5.02 Å². The minimum atomic E-state index is -4.32. The van der Waals surface area contributed by atoms with Crippen molar-refractivity contribution in [3.8, 4) is 0 Å². The molecule has 1 amide bonds. The van der Waals surface area contributed by atoms with Crippen molar-refractivity contribution in [2.24, 2.45) is 0 Å². The molecule has 0 aromatic heterocycles. The van der Waals surface area contributed by atoms with Crippen LogP contribution in [0.15, 0.2) is 35.7 Å². The van der Waals surface area contributed by atoms with E-state index in [4.69, 9.17) is 16.3 Å². The first-order valence-corrected chi connectivity index (χ1v) is 7.88. The molecule has 5 nitrogen and oxygen atoms in total. The summed E-state index contributed by atoms with van der Waals surface area (Å²) in [6, 6.07) is 3.05. The minimum Gasteiger partial charge on any atom is -0.368 e. The molecule has 0 aliphatic heterocycles. The number of nitrogens with one attached hydrogen (secondary N) is 1. The number of ether oxygens (including phenoxy) is 1. The summed E-state index contributed by atoms with van der Waals surface area (Å²) in [5.74, 6) is -1.92. The number of hydrogen-bond acceptors (Lipinski definition) is 4. The van der Waals surface area contributed by atoms with Gasteiger partial charge in [0.05, 0.1) is 6.61 Å². The van der Waals surface area contributed by atoms with E-state index in [2.05, 4.69) is 6.58 Å². The molecule has 0 aliphatic carbocycles. The Balaban J connectivity index is 2.80. The van der Waals surface area contributed by atoms with Gasteiger partial charge in [-0.2, -0.15) is 0 Å². The van der Waals surface area contributed by atoms with Crippen LogP contribution in [0.3, 0.4) is 0 Å². The molecule has 0 heterocycles. The molecule has 1 atom stereocenters. The summed E-state index contributed by atoms with van der Waals surface area (Å²) >= 11 is 5.54. The fraction of sp³-hybridized carbons (Fsp3) is 0.308. The monoisotopic (exact) mass is 335 g/mol. The molecule has 1 aromatic rings. The third-order valence-electron chi connectivity index (χ3n) is 2.48. The smallest absolute Gasteiger partial charge is 0.267 e. The van der Waals surface area contributed by atoms with Crippen LogP contribution in [0.2, 0.25) is 5.02 Å². The molecule has 0 unspecified atom stereocenters. The molecule has 1 N–H and O–H groups in total. The second kappa shape index (κ2) is 7.53. The quantitative estimate of drug-likeness (QED) is 0.613. The lowest BCUT2D eigenvalue weighted by Crippen LogP contribution is -2.39. The topological polar surface area (TPSA) is 72.5 Å². The van der Waals surface area contributed by atoms with Gasteiger partial charge in [0.15, 0.2) is 0 Å². The SMILES string of the molecule is C=CCCO[C@@H](C)C(=O)NS(=O)(=O)c1ccc(Cl)cc1F. The second-order valence-electron chi connectivity index (χ2n) is 4.13. The lowest BCUT2D eigenvalue weighted by atomic mass is 10.3. The average Bonchev–Trinajstić information content (AvgIpc) is 2.37. The van der Waals surface area contributed by atoms with Gasteiger partial charge in [-0.3, -0.25) is 4.79 Å². The summed E-state index contributed by atoms with van der Waals surface area (Å²) in [5, 5.41) is 0.0545. The predicted octanol–water partition coefficient (Wildman–Crippen LogP) is 2.27. The van der Waals surface area contributed by atoms with Crippen molar-refractivity contribution in [3.05, 3.63) is 41.7 Å². The van der Waals surface area contributed by atoms with Crippen LogP contribution in [0.1, 0.15) is 13.3 Å². The number of sulfonamides is 1. The van der Waals surface area contributed by atoms with Crippen LogP contribution in [0.4, 0.5) is 4.39 Å². The highest BCUT2D eigenvalue weighted by Crippen LogP contribution is 2.18. The van der Waals surface area contributed by atoms with Crippen molar-refractivity contribution >= 4 is 27.5 Å². The van der Waals surface area contributed by atoms with Crippen LogP contribution >= 0.6 is 11.6 Å². The number of carbonyl (C=O) groups excluding carboxylic acids is 1. The molecular formula is C13H15ClFNO4S. The third-order valence-corrected chi connectivity index (χ3v) is 4.09. The standard InChI is InChI=1S/C13H15ClFNO4S/c1-3-4-7-20-9(2)13(17)16-21(18,19)12-6-5-10(14)8-11(12)15/h3,5-6,8-9H,1,4,7H2,2H3,(H,16,17)/t9-/m0/s1. The van der Waals surface area contributed by atoms with Crippen molar-refractivity contribution in [3.63, 3.8) is 0 Å². The van der Waals surface area contributed by atoms with E-state index in [0.29, 0.717) is 6.42 Å². The van der Waals surface area contributed by atoms with E-state index in [9.17, 15) is 17.6 Å². The van der Waals surface area contributed by atoms with Gasteiger partial charge in [-0.15, -0.1) is 6.58 Å². The first kappa shape index (κ1) is 17.6. The molecule has 116 valence electrons. The molecule has 0 fully saturated rings. The van der Waals surface area contributed by atoms with Crippen LogP contribution in [0.5, 0.6) is 0 Å². The lowest BCUT2D eigenvalue weighted by Gasteiger charge is -2.13. The average molecular weight is 336 g/mol.